The van der Waals surface area contributed by atoms with E-state index in [0.717, 1.165) is 12.2 Å². The zero-order valence-corrected chi connectivity index (χ0v) is 13.2. The Kier molecular flexibility index (Phi) is 3.89. The van der Waals surface area contributed by atoms with Crippen LogP contribution in [0.4, 0.5) is 0 Å². The van der Waals surface area contributed by atoms with E-state index in [1.807, 2.05) is 30.8 Å². The highest BCUT2D eigenvalue weighted by atomic mass is 32.1. The molecule has 1 aliphatic carbocycles. The lowest BCUT2D eigenvalue weighted by molar-refractivity contribution is 0.465. The van der Waals surface area contributed by atoms with Crippen molar-refractivity contribution < 1.29 is 0 Å². The third-order valence-electron chi connectivity index (χ3n) is 3.98. The van der Waals surface area contributed by atoms with Crippen LogP contribution < -0.4 is 5.32 Å². The van der Waals surface area contributed by atoms with Gasteiger partial charge in [-0.15, -0.1) is 11.3 Å². The Bertz CT molecular complexity index is 563. The van der Waals surface area contributed by atoms with Crippen molar-refractivity contribution in [3.8, 4) is 0 Å². The van der Waals surface area contributed by atoms with Crippen LogP contribution in [-0.2, 0) is 19.9 Å². The molecule has 1 N–H and O–H groups in total. The summed E-state index contributed by atoms with van der Waals surface area (Å²) >= 11 is 1.89. The van der Waals surface area contributed by atoms with Gasteiger partial charge in [0.2, 0.25) is 0 Å². The van der Waals surface area contributed by atoms with E-state index >= 15 is 0 Å². The van der Waals surface area contributed by atoms with Crippen LogP contribution in [0.5, 0.6) is 0 Å². The molecule has 0 radical (unpaired) electrons. The van der Waals surface area contributed by atoms with Crippen molar-refractivity contribution >= 4 is 11.3 Å². The van der Waals surface area contributed by atoms with Crippen LogP contribution in [0.1, 0.15) is 60.2 Å². The predicted octanol–water partition coefficient (Wildman–Crippen LogP) is 3.17. The van der Waals surface area contributed by atoms with Gasteiger partial charge in [-0.3, -0.25) is 5.32 Å². The smallest absolute Gasteiger partial charge is 0.125 e. The van der Waals surface area contributed by atoms with E-state index in [0.29, 0.717) is 0 Å². The first-order chi connectivity index (χ1) is 9.65. The molecule has 0 bridgehead atoms. The lowest BCUT2D eigenvalue weighted by Gasteiger charge is -2.18. The SMILES string of the molecule is CC(NC(C)c1nccn1C)c1nc2c(s1)CCCC2. The summed E-state index contributed by atoms with van der Waals surface area (Å²) in [5.74, 6) is 1.07. The number of imidazole rings is 1. The van der Waals surface area contributed by atoms with Gasteiger partial charge < -0.3 is 4.57 Å². The maximum absolute atomic E-state index is 4.84. The number of nitrogens with one attached hydrogen (secondary N) is 1. The van der Waals surface area contributed by atoms with Crippen molar-refractivity contribution in [3.63, 3.8) is 0 Å². The molecule has 0 saturated heterocycles. The van der Waals surface area contributed by atoms with Gasteiger partial charge in [0.25, 0.3) is 0 Å². The van der Waals surface area contributed by atoms with Crippen LogP contribution in [0.15, 0.2) is 12.4 Å². The molecule has 2 aromatic rings. The summed E-state index contributed by atoms with van der Waals surface area (Å²) in [6.07, 6.45) is 8.82. The van der Waals surface area contributed by atoms with Gasteiger partial charge in [-0.25, -0.2) is 9.97 Å². The second-order valence-electron chi connectivity index (χ2n) is 5.64. The van der Waals surface area contributed by atoms with Crippen molar-refractivity contribution in [2.24, 2.45) is 7.05 Å². The zero-order valence-electron chi connectivity index (χ0n) is 12.4. The van der Waals surface area contributed by atoms with Crippen molar-refractivity contribution in [1.82, 2.24) is 19.9 Å². The van der Waals surface area contributed by atoms with Gasteiger partial charge in [0.15, 0.2) is 0 Å². The monoisotopic (exact) mass is 290 g/mol. The highest BCUT2D eigenvalue weighted by Crippen LogP contribution is 2.30. The number of thiazole rings is 1. The van der Waals surface area contributed by atoms with Crippen LogP contribution >= 0.6 is 11.3 Å². The Labute approximate surface area is 124 Å². The lowest BCUT2D eigenvalue weighted by Crippen LogP contribution is -2.24. The molecule has 1 aliphatic rings. The van der Waals surface area contributed by atoms with Gasteiger partial charge >= 0.3 is 0 Å². The second-order valence-corrected chi connectivity index (χ2v) is 6.75. The van der Waals surface area contributed by atoms with Crippen LogP contribution in [-0.4, -0.2) is 14.5 Å². The minimum Gasteiger partial charge on any atom is -0.337 e. The first-order valence-corrected chi connectivity index (χ1v) is 8.18. The molecule has 2 unspecified atom stereocenters. The lowest BCUT2D eigenvalue weighted by atomic mass is 10.0. The van der Waals surface area contributed by atoms with Crippen LogP contribution in [0, 0.1) is 0 Å². The number of aromatic nitrogens is 3. The van der Waals surface area contributed by atoms with Crippen LogP contribution in [0.2, 0.25) is 0 Å². The predicted molar refractivity (Wildman–Crippen MR) is 81.9 cm³/mol. The average Bonchev–Trinajstić information content (AvgIpc) is 3.04. The number of fused-ring (bicyclic) bond motifs is 1. The molecule has 0 aromatic carbocycles. The molecule has 4 nitrogen and oxygen atoms in total. The molecule has 108 valence electrons. The molecule has 2 atom stereocenters. The summed E-state index contributed by atoms with van der Waals surface area (Å²) in [6.45, 7) is 4.36. The fourth-order valence-corrected chi connectivity index (χ4v) is 4.04. The Balaban J connectivity index is 1.71. The Hall–Kier alpha value is -1.20. The molecule has 5 heteroatoms. The molecule has 0 saturated carbocycles. The number of hydrogen-bond donors (Lipinski definition) is 1. The second kappa shape index (κ2) is 5.66. The first-order valence-electron chi connectivity index (χ1n) is 7.37. The average molecular weight is 290 g/mol. The molecular weight excluding hydrogens is 268 g/mol. The topological polar surface area (TPSA) is 42.7 Å². The summed E-state index contributed by atoms with van der Waals surface area (Å²) in [5.41, 5.74) is 1.34. The minimum absolute atomic E-state index is 0.228. The minimum atomic E-state index is 0.228. The Morgan fingerprint density at radius 2 is 2.05 bits per heavy atom. The molecule has 0 aliphatic heterocycles. The van der Waals surface area contributed by atoms with Gasteiger partial charge in [0.1, 0.15) is 10.8 Å². The summed E-state index contributed by atoms with van der Waals surface area (Å²) in [6, 6.07) is 0.503. The molecule has 2 heterocycles. The van der Waals surface area contributed by atoms with E-state index in [9.17, 15) is 0 Å². The zero-order chi connectivity index (χ0) is 14.1. The fraction of sp³-hybridized carbons (Fsp3) is 0.600. The largest absolute Gasteiger partial charge is 0.337 e. The van der Waals surface area contributed by atoms with Crippen molar-refractivity contribution in [2.45, 2.75) is 51.6 Å². The number of rotatable bonds is 4. The highest BCUT2D eigenvalue weighted by Gasteiger charge is 2.20. The van der Waals surface area contributed by atoms with E-state index in [1.165, 1.54) is 34.8 Å². The third-order valence-corrected chi connectivity index (χ3v) is 5.32. The summed E-state index contributed by atoms with van der Waals surface area (Å²) in [5, 5.41) is 4.83. The Morgan fingerprint density at radius 1 is 1.25 bits per heavy atom. The van der Waals surface area contributed by atoms with E-state index in [1.54, 1.807) is 0 Å². The molecule has 0 amide bonds. The summed E-state index contributed by atoms with van der Waals surface area (Å²) < 4.78 is 2.07. The maximum Gasteiger partial charge on any atom is 0.125 e. The highest BCUT2D eigenvalue weighted by molar-refractivity contribution is 7.11. The van der Waals surface area contributed by atoms with Gasteiger partial charge in [0, 0.05) is 24.3 Å². The number of nitrogens with zero attached hydrogens (tertiary/aromatic N) is 3. The van der Waals surface area contributed by atoms with E-state index < -0.39 is 0 Å². The normalized spacial score (nSPS) is 17.8. The number of aryl methyl sites for hydroxylation is 3. The summed E-state index contributed by atoms with van der Waals surface area (Å²) in [4.78, 5) is 10.8. The molecule has 0 spiro atoms. The van der Waals surface area contributed by atoms with Crippen molar-refractivity contribution in [2.75, 3.05) is 0 Å². The van der Waals surface area contributed by atoms with Gasteiger partial charge in [-0.1, -0.05) is 0 Å². The fourth-order valence-electron chi connectivity index (χ4n) is 2.87. The van der Waals surface area contributed by atoms with Crippen molar-refractivity contribution in [3.05, 3.63) is 33.8 Å². The molecule has 20 heavy (non-hydrogen) atoms. The van der Waals surface area contributed by atoms with Crippen LogP contribution in [0.25, 0.3) is 0 Å². The van der Waals surface area contributed by atoms with Crippen LogP contribution in [0.3, 0.4) is 0 Å². The van der Waals surface area contributed by atoms with E-state index in [4.69, 9.17) is 4.98 Å². The van der Waals surface area contributed by atoms with Gasteiger partial charge in [-0.05, 0) is 39.5 Å². The van der Waals surface area contributed by atoms with Crippen molar-refractivity contribution in [1.29, 1.82) is 0 Å². The van der Waals surface area contributed by atoms with Gasteiger partial charge in [0.05, 0.1) is 17.8 Å². The van der Waals surface area contributed by atoms with Gasteiger partial charge in [-0.2, -0.15) is 0 Å². The first kappa shape index (κ1) is 13.8. The molecular formula is C15H22N4S. The standard InChI is InChI=1S/C15H22N4S/c1-10(14-16-8-9-19(14)3)17-11(2)15-18-12-6-4-5-7-13(12)20-15/h8-11,17H,4-7H2,1-3H3. The summed E-state index contributed by atoms with van der Waals surface area (Å²) in [7, 11) is 2.03. The molecule has 2 aromatic heterocycles. The third kappa shape index (κ3) is 2.65. The Morgan fingerprint density at radius 3 is 2.75 bits per heavy atom. The maximum atomic E-state index is 4.84. The van der Waals surface area contributed by atoms with E-state index in [2.05, 4.69) is 28.7 Å². The molecule has 3 rings (SSSR count). The molecule has 0 fully saturated rings. The van der Waals surface area contributed by atoms with E-state index in [-0.39, 0.29) is 12.1 Å². The number of hydrogen-bond acceptors (Lipinski definition) is 4. The quantitative estimate of drug-likeness (QED) is 0.940.